The van der Waals surface area contributed by atoms with Gasteiger partial charge in [-0.2, -0.15) is 5.26 Å². The van der Waals surface area contributed by atoms with Crippen molar-refractivity contribution in [2.75, 3.05) is 11.4 Å². The molecule has 1 aromatic carbocycles. The summed E-state index contributed by atoms with van der Waals surface area (Å²) in [5.74, 6) is 1.59. The van der Waals surface area contributed by atoms with Gasteiger partial charge >= 0.3 is 0 Å². The van der Waals surface area contributed by atoms with Gasteiger partial charge in [-0.25, -0.2) is 9.97 Å². The van der Waals surface area contributed by atoms with E-state index in [1.807, 2.05) is 49.4 Å². The van der Waals surface area contributed by atoms with Crippen LogP contribution in [0.5, 0.6) is 0 Å². The molecule has 5 heteroatoms. The van der Waals surface area contributed by atoms with E-state index in [9.17, 15) is 0 Å². The minimum atomic E-state index is 0.674. The van der Waals surface area contributed by atoms with E-state index in [0.717, 1.165) is 42.1 Å². The topological polar surface area (TPSA) is 65.7 Å². The van der Waals surface area contributed by atoms with Crippen LogP contribution in [0.25, 0.3) is 11.4 Å². The predicted octanol–water partition coefficient (Wildman–Crippen LogP) is 4.14. The van der Waals surface area contributed by atoms with Crippen molar-refractivity contribution in [1.82, 2.24) is 15.0 Å². The van der Waals surface area contributed by atoms with Gasteiger partial charge in [-0.1, -0.05) is 19.1 Å². The molecule has 0 bridgehead atoms. The normalized spacial score (nSPS) is 10.3. The van der Waals surface area contributed by atoms with E-state index in [1.54, 1.807) is 12.4 Å². The standard InChI is InChI=1S/C21H21N5/c1-3-11-26(15-18-8-6-17(13-22)7-9-18)20-12-16(2)24-21(25-20)19-5-4-10-23-14-19/h4-10,12,14H,3,11,15H2,1-2H3. The molecule has 0 N–H and O–H groups in total. The number of benzene rings is 1. The monoisotopic (exact) mass is 343 g/mol. The summed E-state index contributed by atoms with van der Waals surface area (Å²) < 4.78 is 0. The maximum absolute atomic E-state index is 8.96. The van der Waals surface area contributed by atoms with Gasteiger partial charge in [0.25, 0.3) is 0 Å². The van der Waals surface area contributed by atoms with E-state index in [2.05, 4.69) is 27.9 Å². The van der Waals surface area contributed by atoms with Crippen LogP contribution < -0.4 is 4.90 Å². The Morgan fingerprint density at radius 3 is 2.58 bits per heavy atom. The summed E-state index contributed by atoms with van der Waals surface area (Å²) in [4.78, 5) is 15.7. The summed E-state index contributed by atoms with van der Waals surface area (Å²) in [7, 11) is 0. The lowest BCUT2D eigenvalue weighted by Crippen LogP contribution is -2.25. The molecular formula is C21H21N5. The number of pyridine rings is 1. The van der Waals surface area contributed by atoms with Crippen LogP contribution in [0.3, 0.4) is 0 Å². The first-order valence-corrected chi connectivity index (χ1v) is 8.69. The van der Waals surface area contributed by atoms with E-state index in [4.69, 9.17) is 10.2 Å². The third-order valence-electron chi connectivity index (χ3n) is 4.03. The highest BCUT2D eigenvalue weighted by Gasteiger charge is 2.12. The van der Waals surface area contributed by atoms with Crippen LogP contribution in [0.15, 0.2) is 54.9 Å². The van der Waals surface area contributed by atoms with Crippen LogP contribution in [0, 0.1) is 18.3 Å². The van der Waals surface area contributed by atoms with Gasteiger partial charge in [0.1, 0.15) is 5.82 Å². The predicted molar refractivity (Wildman–Crippen MR) is 102 cm³/mol. The Labute approximate surface area is 154 Å². The van der Waals surface area contributed by atoms with Crippen molar-refractivity contribution >= 4 is 5.82 Å². The fourth-order valence-corrected chi connectivity index (χ4v) is 2.79. The molecule has 0 aliphatic rings. The summed E-state index contributed by atoms with van der Waals surface area (Å²) in [6.07, 6.45) is 4.54. The Kier molecular flexibility index (Phi) is 5.55. The molecular weight excluding hydrogens is 322 g/mol. The smallest absolute Gasteiger partial charge is 0.163 e. The molecule has 2 aromatic heterocycles. The molecule has 0 unspecified atom stereocenters. The van der Waals surface area contributed by atoms with Crippen molar-refractivity contribution in [2.24, 2.45) is 0 Å². The fourth-order valence-electron chi connectivity index (χ4n) is 2.79. The Hall–Kier alpha value is -3.26. The zero-order valence-electron chi connectivity index (χ0n) is 15.1. The lowest BCUT2D eigenvalue weighted by atomic mass is 10.1. The second-order valence-corrected chi connectivity index (χ2v) is 6.16. The molecule has 0 radical (unpaired) electrons. The molecule has 3 aromatic rings. The molecule has 130 valence electrons. The molecule has 0 saturated heterocycles. The van der Waals surface area contributed by atoms with Gasteiger partial charge in [0.15, 0.2) is 5.82 Å². The quantitative estimate of drug-likeness (QED) is 0.673. The summed E-state index contributed by atoms with van der Waals surface area (Å²) >= 11 is 0. The van der Waals surface area contributed by atoms with Gasteiger partial charge in [-0.15, -0.1) is 0 Å². The second-order valence-electron chi connectivity index (χ2n) is 6.16. The lowest BCUT2D eigenvalue weighted by molar-refractivity contribution is 0.752. The van der Waals surface area contributed by atoms with Crippen molar-refractivity contribution < 1.29 is 0 Å². The summed E-state index contributed by atoms with van der Waals surface area (Å²) in [5, 5.41) is 8.96. The Balaban J connectivity index is 1.92. The molecule has 3 rings (SSSR count). The van der Waals surface area contributed by atoms with Crippen LogP contribution >= 0.6 is 0 Å². The summed E-state index contributed by atoms with van der Waals surface area (Å²) in [6.45, 7) is 5.77. The molecule has 2 heterocycles. The molecule has 5 nitrogen and oxygen atoms in total. The molecule has 0 fully saturated rings. The SMILES string of the molecule is CCCN(Cc1ccc(C#N)cc1)c1cc(C)nc(-c2cccnc2)n1. The van der Waals surface area contributed by atoms with Gasteiger partial charge < -0.3 is 4.90 Å². The Bertz CT molecular complexity index is 898. The highest BCUT2D eigenvalue weighted by atomic mass is 15.2. The van der Waals surface area contributed by atoms with Gasteiger partial charge in [0.05, 0.1) is 11.6 Å². The lowest BCUT2D eigenvalue weighted by Gasteiger charge is -2.24. The van der Waals surface area contributed by atoms with Gasteiger partial charge in [0.2, 0.25) is 0 Å². The van der Waals surface area contributed by atoms with E-state index >= 15 is 0 Å². The van der Waals surface area contributed by atoms with Gasteiger partial charge in [-0.3, -0.25) is 4.98 Å². The molecule has 0 spiro atoms. The van der Waals surface area contributed by atoms with Crippen LogP contribution in [-0.2, 0) is 6.54 Å². The molecule has 0 aliphatic carbocycles. The maximum Gasteiger partial charge on any atom is 0.163 e. The highest BCUT2D eigenvalue weighted by molar-refractivity contribution is 5.57. The van der Waals surface area contributed by atoms with E-state index in [0.29, 0.717) is 11.4 Å². The van der Waals surface area contributed by atoms with Crippen LogP contribution in [-0.4, -0.2) is 21.5 Å². The number of hydrogen-bond donors (Lipinski definition) is 0. The van der Waals surface area contributed by atoms with Crippen molar-refractivity contribution in [3.63, 3.8) is 0 Å². The third-order valence-corrected chi connectivity index (χ3v) is 4.03. The molecule has 26 heavy (non-hydrogen) atoms. The van der Waals surface area contributed by atoms with E-state index < -0.39 is 0 Å². The fraction of sp³-hybridized carbons (Fsp3) is 0.238. The van der Waals surface area contributed by atoms with Crippen LogP contribution in [0.2, 0.25) is 0 Å². The van der Waals surface area contributed by atoms with E-state index in [-0.39, 0.29) is 0 Å². The zero-order chi connectivity index (χ0) is 18.4. The number of nitriles is 1. The van der Waals surface area contributed by atoms with Crippen LogP contribution in [0.1, 0.15) is 30.2 Å². The molecule has 0 atom stereocenters. The minimum Gasteiger partial charge on any atom is -0.352 e. The highest BCUT2D eigenvalue weighted by Crippen LogP contribution is 2.21. The van der Waals surface area contributed by atoms with Crippen molar-refractivity contribution in [2.45, 2.75) is 26.8 Å². The van der Waals surface area contributed by atoms with Crippen molar-refractivity contribution in [3.8, 4) is 17.5 Å². The summed E-state index contributed by atoms with van der Waals surface area (Å²) in [6, 6.07) is 15.7. The average Bonchev–Trinajstić information content (AvgIpc) is 2.68. The first kappa shape index (κ1) is 17.6. The van der Waals surface area contributed by atoms with Crippen LogP contribution in [0.4, 0.5) is 5.82 Å². The molecule has 0 saturated carbocycles. The molecule has 0 aliphatic heterocycles. The zero-order valence-corrected chi connectivity index (χ0v) is 15.1. The number of aromatic nitrogens is 3. The van der Waals surface area contributed by atoms with E-state index in [1.165, 1.54) is 0 Å². The number of aryl methyl sites for hydroxylation is 1. The van der Waals surface area contributed by atoms with Crippen molar-refractivity contribution in [1.29, 1.82) is 5.26 Å². The molecule has 0 amide bonds. The third kappa shape index (κ3) is 4.22. The number of rotatable bonds is 6. The average molecular weight is 343 g/mol. The van der Waals surface area contributed by atoms with Gasteiger partial charge in [0, 0.05) is 42.8 Å². The first-order chi connectivity index (χ1) is 12.7. The first-order valence-electron chi connectivity index (χ1n) is 8.69. The number of hydrogen-bond acceptors (Lipinski definition) is 5. The van der Waals surface area contributed by atoms with Gasteiger partial charge in [-0.05, 0) is 43.2 Å². The second kappa shape index (κ2) is 8.21. The largest absolute Gasteiger partial charge is 0.352 e. The minimum absolute atomic E-state index is 0.674. The summed E-state index contributed by atoms with van der Waals surface area (Å²) in [5.41, 5.74) is 3.66. The number of nitrogens with zero attached hydrogens (tertiary/aromatic N) is 5. The van der Waals surface area contributed by atoms with Crippen molar-refractivity contribution in [3.05, 3.63) is 71.7 Å². The number of anilines is 1. The maximum atomic E-state index is 8.96. The Morgan fingerprint density at radius 2 is 1.92 bits per heavy atom. The Morgan fingerprint density at radius 1 is 1.12 bits per heavy atom.